The molecule has 2 aliphatic rings. The van der Waals surface area contributed by atoms with Gasteiger partial charge in [-0.05, 0) is 18.6 Å². The first-order chi connectivity index (χ1) is 18.5. The van der Waals surface area contributed by atoms with Gasteiger partial charge in [0.15, 0.2) is 11.6 Å². The van der Waals surface area contributed by atoms with Crippen molar-refractivity contribution in [2.45, 2.75) is 55.5 Å². The Hall–Kier alpha value is -3.05. The van der Waals surface area contributed by atoms with Crippen molar-refractivity contribution in [2.24, 2.45) is 0 Å². The van der Waals surface area contributed by atoms with Crippen molar-refractivity contribution in [1.29, 1.82) is 0 Å². The highest BCUT2D eigenvalue weighted by Gasteiger charge is 2.62. The number of hydrogen-bond donors (Lipinski definition) is 2. The summed E-state index contributed by atoms with van der Waals surface area (Å²) in [6.45, 7) is -0.385. The standard InChI is InChI=1S/C23H25F5N6O5/c1-11-3-4-13(18(25)17(11)24)14-7-33(31-30-14)19-20(36)16(8-35)39-15(21(19)37-2)5-12-6-34(32-29-12)22(9-38-10-22)23(26,27)28/h3-4,6-7,15-16,19-21,35-36H,5,8-10H2,1-2H3/t15-,16-,19+,20+,21+/m1/s1. The highest BCUT2D eigenvalue weighted by atomic mass is 19.4. The number of aryl methyl sites for hydroxylation is 1. The minimum absolute atomic E-state index is 0.0137. The maximum Gasteiger partial charge on any atom is 0.418 e. The van der Waals surface area contributed by atoms with E-state index in [1.807, 2.05) is 0 Å². The Morgan fingerprint density at radius 1 is 1.10 bits per heavy atom. The maximum atomic E-state index is 14.6. The lowest BCUT2D eigenvalue weighted by Gasteiger charge is -2.43. The van der Waals surface area contributed by atoms with E-state index >= 15 is 0 Å². The Balaban J connectivity index is 1.43. The predicted octanol–water partition coefficient (Wildman–Crippen LogP) is 1.33. The summed E-state index contributed by atoms with van der Waals surface area (Å²) in [6, 6.07) is 1.71. The van der Waals surface area contributed by atoms with Gasteiger partial charge in [-0.3, -0.25) is 0 Å². The third kappa shape index (κ3) is 4.59. The van der Waals surface area contributed by atoms with Gasteiger partial charge in [-0.15, -0.1) is 10.2 Å². The van der Waals surface area contributed by atoms with Crippen molar-refractivity contribution in [3.63, 3.8) is 0 Å². The second-order valence-electron chi connectivity index (χ2n) is 9.60. The Labute approximate surface area is 218 Å². The smallest absolute Gasteiger partial charge is 0.394 e. The molecule has 0 aliphatic carbocycles. The summed E-state index contributed by atoms with van der Waals surface area (Å²) in [7, 11) is 1.33. The van der Waals surface area contributed by atoms with E-state index in [-0.39, 0.29) is 28.9 Å². The highest BCUT2D eigenvalue weighted by Crippen LogP contribution is 2.42. The molecule has 11 nitrogen and oxygen atoms in total. The van der Waals surface area contributed by atoms with Gasteiger partial charge in [0.1, 0.15) is 30.0 Å². The van der Waals surface area contributed by atoms with Crippen LogP contribution in [0.1, 0.15) is 17.3 Å². The van der Waals surface area contributed by atoms with Gasteiger partial charge in [-0.2, -0.15) is 13.2 Å². The molecule has 0 spiro atoms. The Kier molecular flexibility index (Phi) is 7.17. The molecule has 0 amide bonds. The summed E-state index contributed by atoms with van der Waals surface area (Å²) >= 11 is 0. The zero-order valence-corrected chi connectivity index (χ0v) is 20.7. The van der Waals surface area contributed by atoms with Crippen molar-refractivity contribution < 1.29 is 46.4 Å². The number of aliphatic hydroxyl groups excluding tert-OH is 2. The lowest BCUT2D eigenvalue weighted by Crippen LogP contribution is -2.61. The van der Waals surface area contributed by atoms with Crippen molar-refractivity contribution >= 4 is 0 Å². The van der Waals surface area contributed by atoms with Crippen LogP contribution in [0.2, 0.25) is 0 Å². The van der Waals surface area contributed by atoms with Crippen LogP contribution in [0.5, 0.6) is 0 Å². The molecule has 4 heterocycles. The molecule has 0 unspecified atom stereocenters. The lowest BCUT2D eigenvalue weighted by atomic mass is 9.90. The fourth-order valence-electron chi connectivity index (χ4n) is 4.85. The SMILES string of the molecule is CO[C@@H]1[C@@H](n2cc(-c3ccc(C)c(F)c3F)nn2)[C@@H](O)[C@@H](CO)O[C@@H]1Cc1cn(C2(C(F)(F)F)COC2)nn1. The van der Waals surface area contributed by atoms with E-state index in [0.717, 1.165) is 6.20 Å². The number of methoxy groups -OCH3 is 1. The van der Waals surface area contributed by atoms with Crippen LogP contribution in [0, 0.1) is 18.6 Å². The number of halogens is 5. The zero-order chi connectivity index (χ0) is 28.1. The van der Waals surface area contributed by atoms with Gasteiger partial charge in [-0.25, -0.2) is 18.1 Å². The number of nitrogens with zero attached hydrogens (tertiary/aromatic N) is 6. The number of benzene rings is 1. The molecule has 5 rings (SSSR count). The number of hydrogen-bond acceptors (Lipinski definition) is 9. The Morgan fingerprint density at radius 3 is 2.46 bits per heavy atom. The van der Waals surface area contributed by atoms with Crippen molar-refractivity contribution in [3.05, 3.63) is 47.4 Å². The summed E-state index contributed by atoms with van der Waals surface area (Å²) in [6.07, 6.45) is -6.67. The average molecular weight is 560 g/mol. The van der Waals surface area contributed by atoms with Crippen LogP contribution in [0.4, 0.5) is 22.0 Å². The maximum absolute atomic E-state index is 14.6. The molecule has 0 radical (unpaired) electrons. The average Bonchev–Trinajstić information content (AvgIpc) is 3.52. The van der Waals surface area contributed by atoms with Gasteiger partial charge >= 0.3 is 6.18 Å². The molecule has 212 valence electrons. The summed E-state index contributed by atoms with van der Waals surface area (Å²) < 4.78 is 87.8. The summed E-state index contributed by atoms with van der Waals surface area (Å²) in [4.78, 5) is 0. The van der Waals surface area contributed by atoms with Crippen LogP contribution < -0.4 is 0 Å². The Morgan fingerprint density at radius 2 is 1.85 bits per heavy atom. The van der Waals surface area contributed by atoms with E-state index in [9.17, 15) is 32.2 Å². The van der Waals surface area contributed by atoms with E-state index in [2.05, 4.69) is 20.6 Å². The second-order valence-corrected chi connectivity index (χ2v) is 9.60. The molecule has 5 atom stereocenters. The molecule has 1 aromatic carbocycles. The molecule has 2 aliphatic heterocycles. The number of aromatic nitrogens is 6. The fourth-order valence-corrected chi connectivity index (χ4v) is 4.85. The van der Waals surface area contributed by atoms with Gasteiger partial charge in [0.2, 0.25) is 5.54 Å². The monoisotopic (exact) mass is 560 g/mol. The molecule has 2 N–H and O–H groups in total. The third-order valence-electron chi connectivity index (χ3n) is 7.20. The van der Waals surface area contributed by atoms with Gasteiger partial charge < -0.3 is 24.4 Å². The van der Waals surface area contributed by atoms with E-state index in [4.69, 9.17) is 14.2 Å². The molecular weight excluding hydrogens is 535 g/mol. The van der Waals surface area contributed by atoms with Crippen LogP contribution in [0.15, 0.2) is 24.5 Å². The van der Waals surface area contributed by atoms with Crippen LogP contribution in [-0.2, 0) is 26.2 Å². The number of ether oxygens (including phenoxy) is 3. The summed E-state index contributed by atoms with van der Waals surface area (Å²) in [5, 5.41) is 36.2. The molecule has 0 saturated carbocycles. The largest absolute Gasteiger partial charge is 0.418 e. The van der Waals surface area contributed by atoms with Crippen LogP contribution >= 0.6 is 0 Å². The summed E-state index contributed by atoms with van der Waals surface area (Å²) in [5.74, 6) is -2.14. The van der Waals surface area contributed by atoms with Crippen molar-refractivity contribution in [1.82, 2.24) is 30.0 Å². The van der Waals surface area contributed by atoms with Gasteiger partial charge in [-0.1, -0.05) is 16.5 Å². The van der Waals surface area contributed by atoms with Gasteiger partial charge in [0.05, 0.1) is 37.8 Å². The molecule has 2 fully saturated rings. The number of aliphatic hydroxyl groups is 2. The van der Waals surface area contributed by atoms with Gasteiger partial charge in [0, 0.05) is 25.3 Å². The third-order valence-corrected chi connectivity index (χ3v) is 7.20. The summed E-state index contributed by atoms with van der Waals surface area (Å²) in [5.41, 5.74) is -2.23. The first-order valence-electron chi connectivity index (χ1n) is 11.9. The van der Waals surface area contributed by atoms with E-state index in [1.54, 1.807) is 0 Å². The zero-order valence-electron chi connectivity index (χ0n) is 20.7. The molecule has 3 aromatic rings. The first kappa shape index (κ1) is 27.5. The molecular formula is C23H25F5N6O5. The molecule has 16 heteroatoms. The van der Waals surface area contributed by atoms with E-state index in [1.165, 1.54) is 37.0 Å². The lowest BCUT2D eigenvalue weighted by molar-refractivity contribution is -0.294. The van der Waals surface area contributed by atoms with Crippen LogP contribution in [0.3, 0.4) is 0 Å². The normalized spacial score (nSPS) is 26.9. The molecule has 2 aromatic heterocycles. The fraction of sp³-hybridized carbons (Fsp3) is 0.565. The van der Waals surface area contributed by atoms with Crippen molar-refractivity contribution in [2.75, 3.05) is 26.9 Å². The minimum atomic E-state index is -4.62. The molecule has 0 bridgehead atoms. The van der Waals surface area contributed by atoms with Crippen LogP contribution in [-0.4, -0.2) is 97.7 Å². The van der Waals surface area contributed by atoms with Gasteiger partial charge in [0.25, 0.3) is 0 Å². The quantitative estimate of drug-likeness (QED) is 0.411. The highest BCUT2D eigenvalue weighted by molar-refractivity contribution is 5.59. The topological polar surface area (TPSA) is 130 Å². The number of rotatable bonds is 7. The van der Waals surface area contributed by atoms with Crippen molar-refractivity contribution in [3.8, 4) is 11.3 Å². The predicted molar refractivity (Wildman–Crippen MR) is 120 cm³/mol. The second kappa shape index (κ2) is 10.2. The first-order valence-corrected chi connectivity index (χ1v) is 11.9. The minimum Gasteiger partial charge on any atom is -0.394 e. The Bertz CT molecular complexity index is 1330. The van der Waals surface area contributed by atoms with E-state index < -0.39 is 73.6 Å². The molecule has 2 saturated heterocycles. The van der Waals surface area contributed by atoms with Crippen LogP contribution in [0.25, 0.3) is 11.3 Å². The molecule has 39 heavy (non-hydrogen) atoms. The number of alkyl halides is 3. The van der Waals surface area contributed by atoms with E-state index in [0.29, 0.717) is 4.68 Å².